The Kier molecular flexibility index (Phi) is 6.00. The van der Waals surface area contributed by atoms with Gasteiger partial charge in [-0.15, -0.1) is 0 Å². The molecule has 2 rings (SSSR count). The number of hydrogen-bond acceptors (Lipinski definition) is 2. The van der Waals surface area contributed by atoms with E-state index in [1.165, 1.54) is 0 Å². The van der Waals surface area contributed by atoms with Crippen molar-refractivity contribution in [1.29, 1.82) is 0 Å². The van der Waals surface area contributed by atoms with Gasteiger partial charge in [0.2, 0.25) is 6.54 Å². The Hall–Kier alpha value is -2.07. The molecule has 0 aliphatic heterocycles. The lowest BCUT2D eigenvalue weighted by molar-refractivity contribution is -0.684. The predicted octanol–water partition coefficient (Wildman–Crippen LogP) is -1.32. The van der Waals surface area contributed by atoms with Crippen LogP contribution in [0.2, 0.25) is 0 Å². The molecule has 0 spiro atoms. The molecule has 20 heavy (non-hydrogen) atoms. The zero-order valence-electron chi connectivity index (χ0n) is 11.6. The van der Waals surface area contributed by atoms with Crippen LogP contribution in [0, 0.1) is 0 Å². The van der Waals surface area contributed by atoms with Crippen LogP contribution in [0.5, 0.6) is 0 Å². The fraction of sp³-hybridized carbons (Fsp3) is 0.200. The van der Waals surface area contributed by atoms with E-state index in [0.29, 0.717) is 6.54 Å². The second-order valence-electron chi connectivity index (χ2n) is 4.54. The van der Waals surface area contributed by atoms with Gasteiger partial charge in [-0.25, -0.2) is 0 Å². The van der Waals surface area contributed by atoms with Crippen LogP contribution in [-0.2, 0) is 11.3 Å². The summed E-state index contributed by atoms with van der Waals surface area (Å²) in [6.07, 6.45) is 3.74. The maximum absolute atomic E-state index is 11.9. The Morgan fingerprint density at radius 1 is 1.10 bits per heavy atom. The van der Waals surface area contributed by atoms with E-state index < -0.39 is 0 Å². The van der Waals surface area contributed by atoms with Gasteiger partial charge in [0.25, 0.3) is 5.91 Å². The maximum atomic E-state index is 11.9. The number of nitrogens with zero attached hydrogens (tertiary/aromatic N) is 2. The molecule has 0 atom stereocenters. The lowest BCUT2D eigenvalue weighted by atomic mass is 10.2. The average molecular weight is 292 g/mol. The number of nitrogens with one attached hydrogen (secondary N) is 1. The molecule has 2 aromatic rings. The summed E-state index contributed by atoms with van der Waals surface area (Å²) in [6.45, 7) is 0.316. The van der Waals surface area contributed by atoms with Crippen molar-refractivity contribution >= 4 is 17.3 Å². The molecule has 1 N–H and O–H groups in total. The molecule has 1 aromatic carbocycles. The Balaban J connectivity index is 0.00000200. The van der Waals surface area contributed by atoms with Gasteiger partial charge in [-0.05, 0) is 24.3 Å². The van der Waals surface area contributed by atoms with Gasteiger partial charge in [0.15, 0.2) is 12.4 Å². The van der Waals surface area contributed by atoms with E-state index in [1.54, 1.807) is 0 Å². The van der Waals surface area contributed by atoms with Crippen molar-refractivity contribution in [2.45, 2.75) is 6.54 Å². The molecule has 0 saturated carbocycles. The number of benzene rings is 1. The molecule has 1 amide bonds. The van der Waals surface area contributed by atoms with Gasteiger partial charge in [-0.3, -0.25) is 4.79 Å². The zero-order valence-corrected chi connectivity index (χ0v) is 12.3. The van der Waals surface area contributed by atoms with Crippen LogP contribution in [0.15, 0.2) is 54.9 Å². The summed E-state index contributed by atoms with van der Waals surface area (Å²) < 4.78 is 1.84. The van der Waals surface area contributed by atoms with E-state index in [4.69, 9.17) is 0 Å². The van der Waals surface area contributed by atoms with Crippen molar-refractivity contribution in [2.75, 3.05) is 24.3 Å². The molecule has 106 valence electrons. The molecule has 0 radical (unpaired) electrons. The molecule has 0 aliphatic carbocycles. The largest absolute Gasteiger partial charge is 1.00 e. The number of pyridine rings is 1. The van der Waals surface area contributed by atoms with Crippen LogP contribution in [0.4, 0.5) is 11.4 Å². The summed E-state index contributed by atoms with van der Waals surface area (Å²) in [5.41, 5.74) is 1.92. The fourth-order valence-electron chi connectivity index (χ4n) is 1.75. The summed E-state index contributed by atoms with van der Waals surface area (Å²) >= 11 is 0. The standard InChI is InChI=1S/C15H17N3O.ClH/c1-17(2)14-8-6-13(7-9-14)16-15(19)12-18-10-4-3-5-11-18;/h3-11H,12H2,1-2H3;1H. The predicted molar refractivity (Wildman–Crippen MR) is 76.0 cm³/mol. The lowest BCUT2D eigenvalue weighted by Crippen LogP contribution is -3.00. The highest BCUT2D eigenvalue weighted by Crippen LogP contribution is 2.15. The number of anilines is 2. The number of rotatable bonds is 4. The summed E-state index contributed by atoms with van der Waals surface area (Å²) in [5, 5.41) is 2.88. The Morgan fingerprint density at radius 3 is 2.25 bits per heavy atom. The van der Waals surface area contributed by atoms with Crippen LogP contribution in [-0.4, -0.2) is 20.0 Å². The van der Waals surface area contributed by atoms with E-state index in [1.807, 2.05) is 78.4 Å². The first-order valence-electron chi connectivity index (χ1n) is 6.16. The number of carbonyl (C=O) groups is 1. The third kappa shape index (κ3) is 4.55. The molecule has 1 aromatic heterocycles. The molecule has 4 nitrogen and oxygen atoms in total. The Bertz CT molecular complexity index is 541. The molecule has 5 heteroatoms. The number of hydrogen-bond donors (Lipinski definition) is 1. The SMILES string of the molecule is CN(C)c1ccc(NC(=O)C[n+]2ccccc2)cc1.[Cl-]. The Morgan fingerprint density at radius 2 is 1.70 bits per heavy atom. The smallest absolute Gasteiger partial charge is 0.290 e. The summed E-state index contributed by atoms with van der Waals surface area (Å²) in [5.74, 6) is -0.0335. The second kappa shape index (κ2) is 7.50. The van der Waals surface area contributed by atoms with E-state index in [0.717, 1.165) is 11.4 Å². The zero-order chi connectivity index (χ0) is 13.7. The van der Waals surface area contributed by atoms with Crippen LogP contribution in [0.25, 0.3) is 0 Å². The molecular formula is C15H18ClN3O. The highest BCUT2D eigenvalue weighted by Gasteiger charge is 2.08. The molecule has 0 aliphatic rings. The summed E-state index contributed by atoms with van der Waals surface area (Å²) in [7, 11) is 3.97. The normalized spacial score (nSPS) is 9.50. The molecule has 0 saturated heterocycles. The topological polar surface area (TPSA) is 36.2 Å². The number of amides is 1. The highest BCUT2D eigenvalue weighted by molar-refractivity contribution is 5.89. The van der Waals surface area contributed by atoms with Gasteiger partial charge in [0.05, 0.1) is 0 Å². The third-order valence-electron chi connectivity index (χ3n) is 2.77. The van der Waals surface area contributed by atoms with Gasteiger partial charge in [0, 0.05) is 37.6 Å². The number of aromatic nitrogens is 1. The second-order valence-corrected chi connectivity index (χ2v) is 4.54. The minimum absolute atomic E-state index is 0. The van der Waals surface area contributed by atoms with Gasteiger partial charge in [0.1, 0.15) is 0 Å². The highest BCUT2D eigenvalue weighted by atomic mass is 35.5. The molecule has 0 bridgehead atoms. The van der Waals surface area contributed by atoms with Crippen molar-refractivity contribution in [3.63, 3.8) is 0 Å². The van der Waals surface area contributed by atoms with E-state index in [9.17, 15) is 4.79 Å². The van der Waals surface area contributed by atoms with Crippen LogP contribution in [0.1, 0.15) is 0 Å². The third-order valence-corrected chi connectivity index (χ3v) is 2.77. The molecule has 1 heterocycles. The lowest BCUT2D eigenvalue weighted by Gasteiger charge is -2.12. The van der Waals surface area contributed by atoms with E-state index >= 15 is 0 Å². The van der Waals surface area contributed by atoms with Gasteiger partial charge in [-0.2, -0.15) is 4.57 Å². The van der Waals surface area contributed by atoms with Gasteiger partial charge < -0.3 is 22.6 Å². The minimum atomic E-state index is -0.0335. The number of carbonyl (C=O) groups excluding carboxylic acids is 1. The molecule has 0 fully saturated rings. The fourth-order valence-corrected chi connectivity index (χ4v) is 1.75. The maximum Gasteiger partial charge on any atom is 0.290 e. The first kappa shape index (κ1) is 16.0. The van der Waals surface area contributed by atoms with Crippen molar-refractivity contribution in [1.82, 2.24) is 0 Å². The van der Waals surface area contributed by atoms with Crippen molar-refractivity contribution < 1.29 is 21.8 Å². The van der Waals surface area contributed by atoms with Crippen LogP contribution in [0.3, 0.4) is 0 Å². The number of halogens is 1. The van der Waals surface area contributed by atoms with Crippen molar-refractivity contribution in [3.05, 3.63) is 54.9 Å². The van der Waals surface area contributed by atoms with Crippen LogP contribution >= 0.6 is 0 Å². The Labute approximate surface area is 125 Å². The van der Waals surface area contributed by atoms with Crippen molar-refractivity contribution in [2.24, 2.45) is 0 Å². The van der Waals surface area contributed by atoms with Crippen LogP contribution < -0.4 is 27.2 Å². The van der Waals surface area contributed by atoms with Crippen molar-refractivity contribution in [3.8, 4) is 0 Å². The quantitative estimate of drug-likeness (QED) is 0.710. The van der Waals surface area contributed by atoms with Gasteiger partial charge >= 0.3 is 0 Å². The molecular weight excluding hydrogens is 274 g/mol. The average Bonchev–Trinajstić information content (AvgIpc) is 2.40. The summed E-state index contributed by atoms with van der Waals surface area (Å²) in [6, 6.07) is 13.5. The minimum Gasteiger partial charge on any atom is -1.00 e. The van der Waals surface area contributed by atoms with E-state index in [2.05, 4.69) is 5.32 Å². The first-order chi connectivity index (χ1) is 9.15. The molecule has 0 unspecified atom stereocenters. The first-order valence-corrected chi connectivity index (χ1v) is 6.16. The monoisotopic (exact) mass is 291 g/mol. The van der Waals surface area contributed by atoms with E-state index in [-0.39, 0.29) is 18.3 Å². The van der Waals surface area contributed by atoms with Gasteiger partial charge in [-0.1, -0.05) is 6.07 Å². The summed E-state index contributed by atoms with van der Waals surface area (Å²) in [4.78, 5) is 13.9.